The smallest absolute Gasteiger partial charge is 0.260 e. The van der Waals surface area contributed by atoms with E-state index in [1.54, 1.807) is 6.07 Å². The Morgan fingerprint density at radius 1 is 1.50 bits per heavy atom. The minimum atomic E-state index is -0.420. The number of amides is 1. The van der Waals surface area contributed by atoms with Crippen molar-refractivity contribution in [3.63, 3.8) is 0 Å². The van der Waals surface area contributed by atoms with Crippen LogP contribution >= 0.6 is 0 Å². The highest BCUT2D eigenvalue weighted by Gasteiger charge is 2.13. The Balaban J connectivity index is 2.14. The number of hydrogen-bond donors (Lipinski definition) is 3. The number of rotatable bonds is 3. The van der Waals surface area contributed by atoms with Crippen molar-refractivity contribution in [2.75, 3.05) is 5.32 Å². The predicted molar refractivity (Wildman–Crippen MR) is 66.5 cm³/mol. The number of nitrogens with one attached hydrogen (secondary N) is 2. The molecular weight excluding hydrogens is 232 g/mol. The van der Waals surface area contributed by atoms with Gasteiger partial charge in [-0.25, -0.2) is 0 Å². The molecule has 0 atom stereocenters. The second kappa shape index (κ2) is 4.87. The van der Waals surface area contributed by atoms with Crippen LogP contribution < -0.4 is 5.32 Å². The summed E-state index contributed by atoms with van der Waals surface area (Å²) >= 11 is 0. The van der Waals surface area contributed by atoms with Gasteiger partial charge in [0.15, 0.2) is 5.82 Å². The largest absolute Gasteiger partial charge is 0.505 e. The van der Waals surface area contributed by atoms with Crippen molar-refractivity contribution in [2.24, 2.45) is 0 Å². The Morgan fingerprint density at radius 2 is 2.28 bits per heavy atom. The lowest BCUT2D eigenvalue weighted by Gasteiger charge is -2.03. The van der Waals surface area contributed by atoms with Crippen LogP contribution in [0.15, 0.2) is 24.5 Å². The molecule has 0 saturated heterocycles. The third-order valence-corrected chi connectivity index (χ3v) is 2.51. The fourth-order valence-electron chi connectivity index (χ4n) is 1.46. The van der Waals surface area contributed by atoms with E-state index < -0.39 is 5.91 Å². The van der Waals surface area contributed by atoms with Crippen molar-refractivity contribution < 1.29 is 9.90 Å². The highest BCUT2D eigenvalue weighted by atomic mass is 16.3. The lowest BCUT2D eigenvalue weighted by molar-refractivity contribution is 0.102. The first-order chi connectivity index (χ1) is 8.58. The lowest BCUT2D eigenvalue weighted by atomic mass is 10.1. The SMILES string of the molecule is CC(C)c1cc(NC(=O)c2ccncc2O)n[nH]1. The maximum Gasteiger partial charge on any atom is 0.260 e. The van der Waals surface area contributed by atoms with Crippen molar-refractivity contribution >= 4 is 11.7 Å². The number of aromatic amines is 1. The van der Waals surface area contributed by atoms with Gasteiger partial charge < -0.3 is 10.4 Å². The van der Waals surface area contributed by atoms with Crippen LogP contribution in [0.4, 0.5) is 5.82 Å². The molecule has 0 radical (unpaired) electrons. The van der Waals surface area contributed by atoms with E-state index in [4.69, 9.17) is 0 Å². The summed E-state index contributed by atoms with van der Waals surface area (Å²) in [5, 5.41) is 18.9. The number of nitrogens with zero attached hydrogens (tertiary/aromatic N) is 2. The average molecular weight is 246 g/mol. The molecule has 0 aliphatic carbocycles. The molecule has 2 rings (SSSR count). The van der Waals surface area contributed by atoms with E-state index in [2.05, 4.69) is 20.5 Å². The molecule has 6 nitrogen and oxygen atoms in total. The van der Waals surface area contributed by atoms with E-state index in [9.17, 15) is 9.90 Å². The quantitative estimate of drug-likeness (QED) is 0.771. The highest BCUT2D eigenvalue weighted by Crippen LogP contribution is 2.18. The van der Waals surface area contributed by atoms with Crippen molar-refractivity contribution in [3.8, 4) is 5.75 Å². The molecule has 0 unspecified atom stereocenters. The molecule has 0 aliphatic rings. The van der Waals surface area contributed by atoms with Gasteiger partial charge in [-0.2, -0.15) is 5.10 Å². The molecule has 0 aliphatic heterocycles. The van der Waals surface area contributed by atoms with Crippen LogP contribution in [0.3, 0.4) is 0 Å². The summed E-state index contributed by atoms with van der Waals surface area (Å²) in [6, 6.07) is 3.21. The molecule has 0 spiro atoms. The Labute approximate surface area is 104 Å². The molecule has 94 valence electrons. The zero-order chi connectivity index (χ0) is 13.1. The molecule has 2 aromatic rings. The minimum absolute atomic E-state index is 0.158. The average Bonchev–Trinajstić information content (AvgIpc) is 2.78. The maximum absolute atomic E-state index is 11.9. The third kappa shape index (κ3) is 2.48. The van der Waals surface area contributed by atoms with Crippen molar-refractivity contribution in [2.45, 2.75) is 19.8 Å². The number of carbonyl (C=O) groups excluding carboxylic acids is 1. The van der Waals surface area contributed by atoms with E-state index in [-0.39, 0.29) is 11.3 Å². The number of hydrogen-bond acceptors (Lipinski definition) is 4. The van der Waals surface area contributed by atoms with E-state index in [0.29, 0.717) is 11.7 Å². The number of anilines is 1. The van der Waals surface area contributed by atoms with Crippen LogP contribution in [-0.4, -0.2) is 26.2 Å². The predicted octanol–water partition coefficient (Wildman–Crippen LogP) is 1.89. The van der Waals surface area contributed by atoms with Gasteiger partial charge in [0, 0.05) is 18.0 Å². The highest BCUT2D eigenvalue weighted by molar-refractivity contribution is 6.05. The molecule has 1 amide bonds. The van der Waals surface area contributed by atoms with Crippen molar-refractivity contribution in [1.82, 2.24) is 15.2 Å². The Bertz CT molecular complexity index is 563. The molecule has 0 saturated carbocycles. The first-order valence-corrected chi connectivity index (χ1v) is 5.57. The van der Waals surface area contributed by atoms with Crippen LogP contribution in [0.25, 0.3) is 0 Å². The zero-order valence-electron chi connectivity index (χ0n) is 10.1. The summed E-state index contributed by atoms with van der Waals surface area (Å²) in [7, 11) is 0. The van der Waals surface area contributed by atoms with Crippen molar-refractivity contribution in [3.05, 3.63) is 35.8 Å². The first kappa shape index (κ1) is 12.1. The van der Waals surface area contributed by atoms with Crippen LogP contribution in [0.1, 0.15) is 35.8 Å². The van der Waals surface area contributed by atoms with Crippen LogP contribution in [-0.2, 0) is 0 Å². The Hall–Kier alpha value is -2.37. The van der Waals surface area contributed by atoms with Crippen molar-refractivity contribution in [1.29, 1.82) is 0 Å². The summed E-state index contributed by atoms with van der Waals surface area (Å²) in [4.78, 5) is 15.6. The summed E-state index contributed by atoms with van der Waals surface area (Å²) in [6.07, 6.45) is 2.66. The monoisotopic (exact) mass is 246 g/mol. The standard InChI is InChI=1S/C12H14N4O2/c1-7(2)9-5-11(16-15-9)14-12(18)8-3-4-13-6-10(8)17/h3-7,17H,1-2H3,(H2,14,15,16,18). The number of aromatic nitrogens is 3. The summed E-state index contributed by atoms with van der Waals surface area (Å²) in [5.41, 5.74) is 1.10. The number of pyridine rings is 1. The Kier molecular flexibility index (Phi) is 3.27. The van der Waals surface area contributed by atoms with E-state index in [1.165, 1.54) is 18.5 Å². The minimum Gasteiger partial charge on any atom is -0.505 e. The first-order valence-electron chi connectivity index (χ1n) is 5.57. The molecule has 0 fully saturated rings. The maximum atomic E-state index is 11.9. The third-order valence-electron chi connectivity index (χ3n) is 2.51. The molecule has 6 heteroatoms. The summed E-state index contributed by atoms with van der Waals surface area (Å²) in [5.74, 6) is 0.156. The fraction of sp³-hybridized carbons (Fsp3) is 0.250. The number of carbonyl (C=O) groups is 1. The van der Waals surface area contributed by atoms with Gasteiger partial charge in [0.05, 0.1) is 11.8 Å². The van der Waals surface area contributed by atoms with Crippen LogP contribution in [0, 0.1) is 0 Å². The summed E-state index contributed by atoms with van der Waals surface area (Å²) < 4.78 is 0. The van der Waals surface area contributed by atoms with Gasteiger partial charge in [0.1, 0.15) is 5.75 Å². The summed E-state index contributed by atoms with van der Waals surface area (Å²) in [6.45, 7) is 4.04. The topological polar surface area (TPSA) is 90.9 Å². The van der Waals surface area contributed by atoms with Gasteiger partial charge in [-0.05, 0) is 12.0 Å². The van der Waals surface area contributed by atoms with E-state index in [0.717, 1.165) is 5.69 Å². The molecule has 2 aromatic heterocycles. The van der Waals surface area contributed by atoms with Gasteiger partial charge >= 0.3 is 0 Å². The van der Waals surface area contributed by atoms with E-state index in [1.807, 2.05) is 13.8 Å². The van der Waals surface area contributed by atoms with E-state index >= 15 is 0 Å². The van der Waals surface area contributed by atoms with Crippen LogP contribution in [0.2, 0.25) is 0 Å². The fourth-order valence-corrected chi connectivity index (χ4v) is 1.46. The molecule has 0 bridgehead atoms. The van der Waals surface area contributed by atoms with Gasteiger partial charge in [-0.1, -0.05) is 13.8 Å². The Morgan fingerprint density at radius 3 is 2.89 bits per heavy atom. The van der Waals surface area contributed by atoms with Gasteiger partial charge in [0.25, 0.3) is 5.91 Å². The zero-order valence-corrected chi connectivity index (χ0v) is 10.1. The van der Waals surface area contributed by atoms with Gasteiger partial charge in [-0.15, -0.1) is 0 Å². The second-order valence-corrected chi connectivity index (χ2v) is 4.21. The van der Waals surface area contributed by atoms with Gasteiger partial charge in [-0.3, -0.25) is 14.9 Å². The molecular formula is C12H14N4O2. The normalized spacial score (nSPS) is 10.6. The number of H-pyrrole nitrogens is 1. The van der Waals surface area contributed by atoms with Gasteiger partial charge in [0.2, 0.25) is 0 Å². The second-order valence-electron chi connectivity index (χ2n) is 4.21. The van der Waals surface area contributed by atoms with Crippen LogP contribution in [0.5, 0.6) is 5.75 Å². The number of aromatic hydroxyl groups is 1. The molecule has 0 aromatic carbocycles. The molecule has 3 N–H and O–H groups in total. The lowest BCUT2D eigenvalue weighted by Crippen LogP contribution is -2.12. The molecule has 18 heavy (non-hydrogen) atoms. The molecule has 2 heterocycles.